The molecule has 0 radical (unpaired) electrons. The molecule has 0 saturated carbocycles. The van der Waals surface area contributed by atoms with E-state index < -0.39 is 0 Å². The van der Waals surface area contributed by atoms with E-state index in [1.54, 1.807) is 26.0 Å². The van der Waals surface area contributed by atoms with Crippen LogP contribution in [0.3, 0.4) is 0 Å². The van der Waals surface area contributed by atoms with Crippen LogP contribution in [0.25, 0.3) is 0 Å². The van der Waals surface area contributed by atoms with E-state index in [9.17, 15) is 4.39 Å². The number of allylic oxidation sites excluding steroid dienone is 4. The summed E-state index contributed by atoms with van der Waals surface area (Å²) in [6.07, 6.45) is 5.27. The second kappa shape index (κ2) is 5.70. The summed E-state index contributed by atoms with van der Waals surface area (Å²) in [6, 6.07) is 0. The lowest BCUT2D eigenvalue weighted by Crippen LogP contribution is -1.75. The van der Waals surface area contributed by atoms with Crippen LogP contribution in [0.1, 0.15) is 20.3 Å². The molecule has 0 aliphatic carbocycles. The zero-order valence-corrected chi connectivity index (χ0v) is 7.02. The summed E-state index contributed by atoms with van der Waals surface area (Å²) >= 11 is 0. The maximum atomic E-state index is 12.9. The van der Waals surface area contributed by atoms with Gasteiger partial charge in [0.1, 0.15) is 5.83 Å². The lowest BCUT2D eigenvalue weighted by atomic mass is 10.2. The highest BCUT2D eigenvalue weighted by atomic mass is 19.1. The van der Waals surface area contributed by atoms with E-state index in [1.807, 2.05) is 0 Å². The van der Waals surface area contributed by atoms with Crippen molar-refractivity contribution >= 4 is 0 Å². The highest BCUT2D eigenvalue weighted by Crippen LogP contribution is 2.10. The van der Waals surface area contributed by atoms with Gasteiger partial charge in [-0.25, -0.2) is 4.39 Å². The van der Waals surface area contributed by atoms with Crippen molar-refractivity contribution in [3.05, 3.63) is 41.9 Å². The van der Waals surface area contributed by atoms with Crippen LogP contribution in [-0.4, -0.2) is 0 Å². The zero-order chi connectivity index (χ0) is 8.69. The van der Waals surface area contributed by atoms with E-state index in [0.29, 0.717) is 12.0 Å². The molecule has 1 heteroatoms. The van der Waals surface area contributed by atoms with Crippen molar-refractivity contribution in [2.75, 3.05) is 0 Å². The van der Waals surface area contributed by atoms with Gasteiger partial charge in [-0.15, -0.1) is 12.3 Å². The molecule has 11 heavy (non-hydrogen) atoms. The van der Waals surface area contributed by atoms with Gasteiger partial charge in [0.2, 0.25) is 0 Å². The van der Waals surface area contributed by atoms with E-state index in [1.165, 1.54) is 6.08 Å². The summed E-state index contributed by atoms with van der Waals surface area (Å²) < 4.78 is 12.9. The van der Waals surface area contributed by atoms with Crippen molar-refractivity contribution in [2.24, 2.45) is 0 Å². The van der Waals surface area contributed by atoms with Crippen molar-refractivity contribution in [1.29, 1.82) is 0 Å². The molecule has 0 saturated heterocycles. The molecule has 0 spiro atoms. The van der Waals surface area contributed by atoms with Gasteiger partial charge in [-0.05, 0) is 31.9 Å². The van der Waals surface area contributed by atoms with Crippen molar-refractivity contribution in [3.8, 4) is 0 Å². The van der Waals surface area contributed by atoms with Gasteiger partial charge in [0, 0.05) is 6.08 Å². The Morgan fingerprint density at radius 2 is 2.27 bits per heavy atom. The zero-order valence-electron chi connectivity index (χ0n) is 7.02. The predicted molar refractivity (Wildman–Crippen MR) is 46.9 cm³/mol. The van der Waals surface area contributed by atoms with E-state index in [-0.39, 0.29) is 5.83 Å². The second-order valence-electron chi connectivity index (χ2n) is 2.22. The van der Waals surface area contributed by atoms with Crippen LogP contribution in [-0.2, 0) is 0 Å². The number of halogens is 1. The summed E-state index contributed by atoms with van der Waals surface area (Å²) in [5, 5.41) is 0. The largest absolute Gasteiger partial charge is 0.206 e. The predicted octanol–water partition coefficient (Wildman–Crippen LogP) is 3.54. The topological polar surface area (TPSA) is 0 Å². The number of hydrogen-bond donors (Lipinski definition) is 0. The fourth-order valence-electron chi connectivity index (χ4n) is 0.594. The third-order valence-corrected chi connectivity index (χ3v) is 1.23. The first kappa shape index (κ1) is 9.93. The molecule has 0 aromatic rings. The Labute approximate surface area is 67.4 Å². The van der Waals surface area contributed by atoms with Gasteiger partial charge in [0.05, 0.1) is 0 Å². The van der Waals surface area contributed by atoms with Gasteiger partial charge in [0.15, 0.2) is 0 Å². The van der Waals surface area contributed by atoms with Gasteiger partial charge in [-0.1, -0.05) is 6.08 Å². The normalized spacial score (nSPS) is 11.2. The Bertz CT molecular complexity index is 215. The molecule has 0 N–H and O–H groups in total. The number of hydrogen-bond acceptors (Lipinski definition) is 0. The first-order valence-electron chi connectivity index (χ1n) is 3.55. The average Bonchev–Trinajstić information content (AvgIpc) is 2.00. The van der Waals surface area contributed by atoms with Crippen LogP contribution in [0.15, 0.2) is 41.9 Å². The Kier molecular flexibility index (Phi) is 5.14. The lowest BCUT2D eigenvalue weighted by Gasteiger charge is -1.93. The van der Waals surface area contributed by atoms with Crippen LogP contribution in [0.4, 0.5) is 4.39 Å². The molecule has 0 atom stereocenters. The third kappa shape index (κ3) is 4.35. The van der Waals surface area contributed by atoms with E-state index in [0.717, 1.165) is 0 Å². The molecule has 0 aromatic heterocycles. The van der Waals surface area contributed by atoms with E-state index >= 15 is 0 Å². The highest BCUT2D eigenvalue weighted by Gasteiger charge is 1.93. The van der Waals surface area contributed by atoms with Crippen LogP contribution in [0.2, 0.25) is 0 Å². The van der Waals surface area contributed by atoms with Crippen molar-refractivity contribution < 1.29 is 4.39 Å². The summed E-state index contributed by atoms with van der Waals surface area (Å²) in [6.45, 7) is 7.06. The second-order valence-corrected chi connectivity index (χ2v) is 2.22. The highest BCUT2D eigenvalue weighted by molar-refractivity contribution is 5.19. The maximum Gasteiger partial charge on any atom is 0.130 e. The quantitative estimate of drug-likeness (QED) is 0.329. The van der Waals surface area contributed by atoms with Crippen LogP contribution < -0.4 is 0 Å². The average molecular weight is 152 g/mol. The minimum atomic E-state index is -0.219. The van der Waals surface area contributed by atoms with E-state index in [4.69, 9.17) is 0 Å². The molecule has 0 nitrogen and oxygen atoms in total. The third-order valence-electron chi connectivity index (χ3n) is 1.23. The van der Waals surface area contributed by atoms with Crippen molar-refractivity contribution in [2.45, 2.75) is 20.3 Å². The summed E-state index contributed by atoms with van der Waals surface area (Å²) in [5.41, 5.74) is 3.36. The van der Waals surface area contributed by atoms with Crippen molar-refractivity contribution in [1.82, 2.24) is 0 Å². The first-order chi connectivity index (χ1) is 5.22. The van der Waals surface area contributed by atoms with Gasteiger partial charge in [-0.2, -0.15) is 0 Å². The fraction of sp³-hybridized carbons (Fsp3) is 0.300. The van der Waals surface area contributed by atoms with Gasteiger partial charge in [0.25, 0.3) is 0 Å². The molecular formula is C10H13F. The molecule has 0 unspecified atom stereocenters. The molecule has 0 amide bonds. The Morgan fingerprint density at radius 3 is 2.73 bits per heavy atom. The summed E-state index contributed by atoms with van der Waals surface area (Å²) in [4.78, 5) is 0. The molecule has 0 aromatic carbocycles. The van der Waals surface area contributed by atoms with Crippen LogP contribution in [0.5, 0.6) is 0 Å². The molecule has 0 rings (SSSR count). The first-order valence-corrected chi connectivity index (χ1v) is 3.55. The smallest absolute Gasteiger partial charge is 0.130 e. The summed E-state index contributed by atoms with van der Waals surface area (Å²) in [5.74, 6) is -0.219. The minimum absolute atomic E-state index is 0.219. The number of rotatable bonds is 3. The standard InChI is InChI=1S/C10H13F/c1-4-6-8-10(11)9(3)7-5-2/h4-5,8H,2,7H2,1,3H3/b10-9+. The molecule has 60 valence electrons. The lowest BCUT2D eigenvalue weighted by molar-refractivity contribution is 0.651. The Balaban J connectivity index is 4.38. The van der Waals surface area contributed by atoms with Gasteiger partial charge >= 0.3 is 0 Å². The fourth-order valence-corrected chi connectivity index (χ4v) is 0.594. The van der Waals surface area contributed by atoms with Gasteiger partial charge < -0.3 is 0 Å². The molecular weight excluding hydrogens is 139 g/mol. The van der Waals surface area contributed by atoms with Crippen molar-refractivity contribution in [3.63, 3.8) is 0 Å². The molecule has 0 heterocycles. The monoisotopic (exact) mass is 152 g/mol. The molecule has 0 aliphatic heterocycles. The summed E-state index contributed by atoms with van der Waals surface area (Å²) in [7, 11) is 0. The minimum Gasteiger partial charge on any atom is -0.206 e. The van der Waals surface area contributed by atoms with E-state index in [2.05, 4.69) is 12.3 Å². The SMILES string of the molecule is C=CC/C(C)=C(/F)C=C=CC. The molecule has 0 bridgehead atoms. The maximum absolute atomic E-state index is 12.9. The van der Waals surface area contributed by atoms with Crippen LogP contribution >= 0.6 is 0 Å². The molecule has 0 aliphatic rings. The Morgan fingerprint density at radius 1 is 1.64 bits per heavy atom. The molecule has 0 fully saturated rings. The van der Waals surface area contributed by atoms with Crippen LogP contribution in [0, 0.1) is 0 Å². The Hall–Kier alpha value is -1.07. The van der Waals surface area contributed by atoms with Gasteiger partial charge in [-0.3, -0.25) is 0 Å².